The van der Waals surface area contributed by atoms with Crippen LogP contribution in [-0.2, 0) is 10.2 Å². The quantitative estimate of drug-likeness (QED) is 0.783. The van der Waals surface area contributed by atoms with Crippen LogP contribution in [0.2, 0.25) is 0 Å². The van der Waals surface area contributed by atoms with E-state index in [1.54, 1.807) is 6.08 Å². The lowest BCUT2D eigenvalue weighted by Crippen LogP contribution is -2.13. The highest BCUT2D eigenvalue weighted by molar-refractivity contribution is 5.90. The summed E-state index contributed by atoms with van der Waals surface area (Å²) in [5, 5.41) is 2.87. The Kier molecular flexibility index (Phi) is 4.50. The molecule has 1 rings (SSSR count). The minimum atomic E-state index is 0.0356. The molecule has 0 aliphatic rings. The van der Waals surface area contributed by atoms with Gasteiger partial charge in [-0.1, -0.05) is 39.0 Å². The monoisotopic (exact) mass is 231 g/mol. The van der Waals surface area contributed by atoms with E-state index in [1.165, 1.54) is 5.56 Å². The molecule has 0 aliphatic carbocycles. The molecule has 1 amide bonds. The normalized spacial score (nSPS) is 11.0. The predicted molar refractivity (Wildman–Crippen MR) is 73.2 cm³/mol. The molecule has 0 saturated heterocycles. The van der Waals surface area contributed by atoms with Gasteiger partial charge in [0.05, 0.1) is 0 Å². The van der Waals surface area contributed by atoms with E-state index >= 15 is 0 Å². The first-order chi connectivity index (χ1) is 7.93. The SMILES string of the molecule is C=CCCC(=O)Nc1ccc(C(C)(C)C)cc1. The maximum absolute atomic E-state index is 11.5. The Balaban J connectivity index is 2.62. The van der Waals surface area contributed by atoms with Gasteiger partial charge in [0.25, 0.3) is 0 Å². The van der Waals surface area contributed by atoms with Crippen LogP contribution in [-0.4, -0.2) is 5.91 Å². The van der Waals surface area contributed by atoms with Crippen LogP contribution in [0.5, 0.6) is 0 Å². The van der Waals surface area contributed by atoms with Gasteiger partial charge in [-0.15, -0.1) is 6.58 Å². The number of anilines is 1. The summed E-state index contributed by atoms with van der Waals surface area (Å²) >= 11 is 0. The Bertz CT molecular complexity index is 384. The Morgan fingerprint density at radius 1 is 1.29 bits per heavy atom. The van der Waals surface area contributed by atoms with Gasteiger partial charge in [-0.2, -0.15) is 0 Å². The molecule has 2 heteroatoms. The van der Waals surface area contributed by atoms with E-state index in [2.05, 4.69) is 44.8 Å². The molecule has 1 aromatic rings. The van der Waals surface area contributed by atoms with Crippen molar-refractivity contribution in [1.82, 2.24) is 0 Å². The molecule has 0 unspecified atom stereocenters. The number of allylic oxidation sites excluding steroid dienone is 1. The summed E-state index contributed by atoms with van der Waals surface area (Å²) in [6.45, 7) is 10.1. The van der Waals surface area contributed by atoms with Crippen molar-refractivity contribution in [1.29, 1.82) is 0 Å². The van der Waals surface area contributed by atoms with E-state index in [0.717, 1.165) is 5.69 Å². The predicted octanol–water partition coefficient (Wildman–Crippen LogP) is 3.89. The lowest BCUT2D eigenvalue weighted by atomic mass is 9.87. The van der Waals surface area contributed by atoms with E-state index < -0.39 is 0 Å². The van der Waals surface area contributed by atoms with Crippen molar-refractivity contribution < 1.29 is 4.79 Å². The number of benzene rings is 1. The van der Waals surface area contributed by atoms with Crippen molar-refractivity contribution in [3.05, 3.63) is 42.5 Å². The third kappa shape index (κ3) is 4.43. The molecule has 1 aromatic carbocycles. The highest BCUT2D eigenvalue weighted by atomic mass is 16.1. The third-order valence-electron chi connectivity index (χ3n) is 2.61. The first kappa shape index (κ1) is 13.5. The molecular weight excluding hydrogens is 210 g/mol. The zero-order chi connectivity index (χ0) is 12.9. The lowest BCUT2D eigenvalue weighted by molar-refractivity contribution is -0.116. The van der Waals surface area contributed by atoms with Crippen LogP contribution in [0.4, 0.5) is 5.69 Å². The fourth-order valence-corrected chi connectivity index (χ4v) is 1.51. The van der Waals surface area contributed by atoms with E-state index in [0.29, 0.717) is 12.8 Å². The number of hydrogen-bond acceptors (Lipinski definition) is 1. The summed E-state index contributed by atoms with van der Waals surface area (Å²) in [6.07, 6.45) is 2.96. The van der Waals surface area contributed by atoms with Gasteiger partial charge in [-0.3, -0.25) is 4.79 Å². The number of nitrogens with one attached hydrogen (secondary N) is 1. The standard InChI is InChI=1S/C15H21NO/c1-5-6-7-14(17)16-13-10-8-12(9-11-13)15(2,3)4/h5,8-11H,1,6-7H2,2-4H3,(H,16,17). The van der Waals surface area contributed by atoms with Crippen molar-refractivity contribution in [3.8, 4) is 0 Å². The summed E-state index contributed by atoms with van der Waals surface area (Å²) in [4.78, 5) is 11.5. The van der Waals surface area contributed by atoms with Crippen LogP contribution in [0, 0.1) is 0 Å². The molecule has 92 valence electrons. The van der Waals surface area contributed by atoms with Gasteiger partial charge in [0, 0.05) is 12.1 Å². The third-order valence-corrected chi connectivity index (χ3v) is 2.61. The number of carbonyl (C=O) groups excluding carboxylic acids is 1. The lowest BCUT2D eigenvalue weighted by Gasteiger charge is -2.19. The molecule has 17 heavy (non-hydrogen) atoms. The van der Waals surface area contributed by atoms with Gasteiger partial charge in [0.2, 0.25) is 5.91 Å². The molecule has 0 aliphatic heterocycles. The summed E-state index contributed by atoms with van der Waals surface area (Å²) < 4.78 is 0. The molecule has 0 bridgehead atoms. The van der Waals surface area contributed by atoms with E-state index in [9.17, 15) is 4.79 Å². The van der Waals surface area contributed by atoms with Crippen LogP contribution in [0.3, 0.4) is 0 Å². The van der Waals surface area contributed by atoms with Gasteiger partial charge in [0.15, 0.2) is 0 Å². The largest absolute Gasteiger partial charge is 0.326 e. The fourth-order valence-electron chi connectivity index (χ4n) is 1.51. The van der Waals surface area contributed by atoms with Crippen molar-refractivity contribution in [2.45, 2.75) is 39.0 Å². The number of carbonyl (C=O) groups is 1. The van der Waals surface area contributed by atoms with Gasteiger partial charge >= 0.3 is 0 Å². The van der Waals surface area contributed by atoms with Crippen LogP contribution < -0.4 is 5.32 Å². The van der Waals surface area contributed by atoms with Crippen LogP contribution in [0.25, 0.3) is 0 Å². The summed E-state index contributed by atoms with van der Waals surface area (Å²) in [7, 11) is 0. The van der Waals surface area contributed by atoms with Gasteiger partial charge in [0.1, 0.15) is 0 Å². The van der Waals surface area contributed by atoms with Gasteiger partial charge in [-0.25, -0.2) is 0 Å². The molecular formula is C15H21NO. The van der Waals surface area contributed by atoms with Crippen LogP contribution >= 0.6 is 0 Å². The molecule has 0 fully saturated rings. The maximum Gasteiger partial charge on any atom is 0.224 e. The number of hydrogen-bond donors (Lipinski definition) is 1. The average Bonchev–Trinajstić information content (AvgIpc) is 2.26. The topological polar surface area (TPSA) is 29.1 Å². The second-order valence-electron chi connectivity index (χ2n) is 5.20. The second kappa shape index (κ2) is 5.67. The van der Waals surface area contributed by atoms with Gasteiger partial charge < -0.3 is 5.32 Å². The van der Waals surface area contributed by atoms with Crippen molar-refractivity contribution >= 4 is 11.6 Å². The molecule has 0 spiro atoms. The minimum Gasteiger partial charge on any atom is -0.326 e. The Morgan fingerprint density at radius 2 is 1.88 bits per heavy atom. The molecule has 0 aromatic heterocycles. The smallest absolute Gasteiger partial charge is 0.224 e. The Labute approximate surface area is 104 Å². The van der Waals surface area contributed by atoms with Gasteiger partial charge in [-0.05, 0) is 29.5 Å². The molecule has 2 nitrogen and oxygen atoms in total. The summed E-state index contributed by atoms with van der Waals surface area (Å²) in [5.74, 6) is 0.0356. The van der Waals surface area contributed by atoms with E-state index in [-0.39, 0.29) is 11.3 Å². The van der Waals surface area contributed by atoms with E-state index in [1.807, 2.05) is 12.1 Å². The molecule has 1 N–H and O–H groups in total. The Hall–Kier alpha value is -1.57. The zero-order valence-corrected chi connectivity index (χ0v) is 10.9. The highest BCUT2D eigenvalue weighted by Gasteiger charge is 2.12. The van der Waals surface area contributed by atoms with Crippen LogP contribution in [0.1, 0.15) is 39.2 Å². The summed E-state index contributed by atoms with van der Waals surface area (Å²) in [6, 6.07) is 8.02. The fraction of sp³-hybridized carbons (Fsp3) is 0.400. The van der Waals surface area contributed by atoms with Crippen molar-refractivity contribution in [2.75, 3.05) is 5.32 Å². The zero-order valence-electron chi connectivity index (χ0n) is 10.9. The first-order valence-electron chi connectivity index (χ1n) is 5.95. The molecule has 0 heterocycles. The number of rotatable bonds is 4. The van der Waals surface area contributed by atoms with Crippen molar-refractivity contribution in [2.24, 2.45) is 0 Å². The minimum absolute atomic E-state index is 0.0356. The van der Waals surface area contributed by atoms with E-state index in [4.69, 9.17) is 0 Å². The highest BCUT2D eigenvalue weighted by Crippen LogP contribution is 2.23. The molecule has 0 saturated carbocycles. The first-order valence-corrected chi connectivity index (χ1v) is 5.95. The number of amides is 1. The van der Waals surface area contributed by atoms with Crippen LogP contribution in [0.15, 0.2) is 36.9 Å². The maximum atomic E-state index is 11.5. The average molecular weight is 231 g/mol. The molecule has 0 radical (unpaired) electrons. The van der Waals surface area contributed by atoms with Crippen molar-refractivity contribution in [3.63, 3.8) is 0 Å². The second-order valence-corrected chi connectivity index (χ2v) is 5.20. The summed E-state index contributed by atoms with van der Waals surface area (Å²) in [5.41, 5.74) is 2.26. The Morgan fingerprint density at radius 3 is 2.35 bits per heavy atom. The molecule has 0 atom stereocenters.